The number of fused-ring (bicyclic) bond motifs is 1. The van der Waals surface area contributed by atoms with Crippen LogP contribution in [0.1, 0.15) is 43.1 Å². The molecule has 1 amide bonds. The predicted molar refractivity (Wildman–Crippen MR) is 120 cm³/mol. The lowest BCUT2D eigenvalue weighted by Gasteiger charge is -2.33. The minimum atomic E-state index is -0.156. The highest BCUT2D eigenvalue weighted by Gasteiger charge is 2.37. The summed E-state index contributed by atoms with van der Waals surface area (Å²) >= 11 is 6.19. The van der Waals surface area contributed by atoms with Crippen molar-refractivity contribution in [2.24, 2.45) is 5.41 Å². The summed E-state index contributed by atoms with van der Waals surface area (Å²) in [6, 6.07) is 3.86. The molecule has 8 nitrogen and oxygen atoms in total. The van der Waals surface area contributed by atoms with Crippen LogP contribution >= 0.6 is 11.6 Å². The fourth-order valence-electron chi connectivity index (χ4n) is 3.83. The average Bonchev–Trinajstić information content (AvgIpc) is 3.16. The van der Waals surface area contributed by atoms with Gasteiger partial charge in [0.2, 0.25) is 17.8 Å². The second kappa shape index (κ2) is 7.67. The minimum Gasteiger partial charge on any atom is -0.350 e. The third-order valence-electron chi connectivity index (χ3n) is 5.21. The number of carbonyl (C=O) groups is 1. The first-order chi connectivity index (χ1) is 14.1. The SMILES string of the molecule is Cc1cc2c(cc1Cl)C(=O)N2c1nc(N[C@@H]2CCNC2)nc(N(C)CC(C)(C)C)n1. The lowest BCUT2D eigenvalue weighted by molar-refractivity contribution is 0.0979. The Labute approximate surface area is 182 Å². The lowest BCUT2D eigenvalue weighted by atomic mass is 9.96. The maximum absolute atomic E-state index is 12.8. The minimum absolute atomic E-state index is 0.0670. The summed E-state index contributed by atoms with van der Waals surface area (Å²) in [6.45, 7) is 11.0. The quantitative estimate of drug-likeness (QED) is 0.753. The monoisotopic (exact) mass is 429 g/mol. The fourth-order valence-corrected chi connectivity index (χ4v) is 3.99. The van der Waals surface area contributed by atoms with E-state index in [9.17, 15) is 4.79 Å². The molecule has 0 unspecified atom stereocenters. The van der Waals surface area contributed by atoms with Crippen molar-refractivity contribution in [2.75, 3.05) is 41.8 Å². The molecule has 160 valence electrons. The smallest absolute Gasteiger partial charge is 0.267 e. The second-order valence-electron chi connectivity index (χ2n) is 9.27. The standard InChI is InChI=1S/C21H28ClN7O/c1-12-8-16-14(9-15(12)22)17(30)29(16)20-26-18(24-13-6-7-23-10-13)25-19(27-20)28(5)11-21(2,3)4/h8-9,13,23H,6-7,10-11H2,1-5H3,(H,24,25,26,27)/t13-/m1/s1. The second-order valence-corrected chi connectivity index (χ2v) is 9.68. The van der Waals surface area contributed by atoms with Crippen LogP contribution in [0, 0.1) is 12.3 Å². The van der Waals surface area contributed by atoms with Gasteiger partial charge in [-0.3, -0.25) is 4.79 Å². The zero-order chi connectivity index (χ0) is 21.6. The highest BCUT2D eigenvalue weighted by Crippen LogP contribution is 2.41. The topological polar surface area (TPSA) is 86.3 Å². The van der Waals surface area contributed by atoms with Crippen LogP contribution in [0.15, 0.2) is 12.1 Å². The van der Waals surface area contributed by atoms with Crippen LogP contribution < -0.4 is 20.4 Å². The molecule has 2 N–H and O–H groups in total. The Morgan fingerprint density at radius 3 is 2.73 bits per heavy atom. The van der Waals surface area contributed by atoms with E-state index in [1.165, 1.54) is 4.90 Å². The summed E-state index contributed by atoms with van der Waals surface area (Å²) in [4.78, 5) is 30.2. The molecule has 1 aromatic heterocycles. The summed E-state index contributed by atoms with van der Waals surface area (Å²) in [5.41, 5.74) is 2.33. The molecule has 2 aromatic rings. The van der Waals surface area contributed by atoms with E-state index in [1.54, 1.807) is 6.07 Å². The molecule has 0 saturated carbocycles. The molecular weight excluding hydrogens is 402 g/mol. The third-order valence-corrected chi connectivity index (χ3v) is 5.62. The van der Waals surface area contributed by atoms with Gasteiger partial charge in [-0.25, -0.2) is 4.90 Å². The number of hydrogen-bond donors (Lipinski definition) is 2. The number of carbonyl (C=O) groups excluding carboxylic acids is 1. The molecule has 30 heavy (non-hydrogen) atoms. The van der Waals surface area contributed by atoms with Crippen molar-refractivity contribution in [1.29, 1.82) is 0 Å². The van der Waals surface area contributed by atoms with E-state index < -0.39 is 0 Å². The van der Waals surface area contributed by atoms with Gasteiger partial charge in [0.25, 0.3) is 5.91 Å². The summed E-state index contributed by atoms with van der Waals surface area (Å²) in [6.07, 6.45) is 0.997. The number of anilines is 4. The van der Waals surface area contributed by atoms with E-state index >= 15 is 0 Å². The number of rotatable bonds is 5. The number of aryl methyl sites for hydroxylation is 1. The third kappa shape index (κ3) is 4.06. The van der Waals surface area contributed by atoms with E-state index in [0.29, 0.717) is 28.4 Å². The maximum Gasteiger partial charge on any atom is 0.267 e. The molecule has 2 aliphatic rings. The van der Waals surface area contributed by atoms with Crippen LogP contribution in [0.2, 0.25) is 5.02 Å². The number of halogens is 1. The van der Waals surface area contributed by atoms with Gasteiger partial charge in [0.15, 0.2) is 0 Å². The van der Waals surface area contributed by atoms with E-state index in [-0.39, 0.29) is 17.4 Å². The average molecular weight is 430 g/mol. The molecular formula is C21H28ClN7O. The molecule has 1 fully saturated rings. The first kappa shape index (κ1) is 20.8. The van der Waals surface area contributed by atoms with Gasteiger partial charge in [-0.2, -0.15) is 15.0 Å². The molecule has 9 heteroatoms. The normalized spacial score (nSPS) is 18.3. The molecule has 1 saturated heterocycles. The number of nitrogens with one attached hydrogen (secondary N) is 2. The molecule has 3 heterocycles. The number of hydrogen-bond acceptors (Lipinski definition) is 7. The largest absolute Gasteiger partial charge is 0.350 e. The molecule has 0 radical (unpaired) electrons. The molecule has 0 spiro atoms. The van der Waals surface area contributed by atoms with Crippen molar-refractivity contribution in [3.63, 3.8) is 0 Å². The summed E-state index contributed by atoms with van der Waals surface area (Å²) < 4.78 is 0. The van der Waals surface area contributed by atoms with Crippen molar-refractivity contribution in [1.82, 2.24) is 20.3 Å². The van der Waals surface area contributed by atoms with Crippen molar-refractivity contribution in [3.8, 4) is 0 Å². The fraction of sp³-hybridized carbons (Fsp3) is 0.524. The molecule has 0 aliphatic carbocycles. The Bertz CT molecular complexity index is 982. The van der Waals surface area contributed by atoms with Crippen molar-refractivity contribution in [2.45, 2.75) is 40.2 Å². The maximum atomic E-state index is 12.8. The Hall–Kier alpha value is -2.45. The first-order valence-electron chi connectivity index (χ1n) is 10.2. The van der Waals surface area contributed by atoms with Crippen LogP contribution in [0.3, 0.4) is 0 Å². The van der Waals surface area contributed by atoms with E-state index in [2.05, 4.69) is 46.4 Å². The molecule has 1 atom stereocenters. The Kier molecular flexibility index (Phi) is 5.32. The Balaban J connectivity index is 1.71. The van der Waals surface area contributed by atoms with Gasteiger partial charge >= 0.3 is 0 Å². The number of amides is 1. The first-order valence-corrected chi connectivity index (χ1v) is 10.6. The van der Waals surface area contributed by atoms with Crippen LogP contribution in [0.25, 0.3) is 0 Å². The van der Waals surface area contributed by atoms with E-state index in [1.807, 2.05) is 24.9 Å². The van der Waals surface area contributed by atoms with Crippen molar-refractivity contribution in [3.05, 3.63) is 28.3 Å². The van der Waals surface area contributed by atoms with Crippen molar-refractivity contribution >= 4 is 41.0 Å². The zero-order valence-corrected chi connectivity index (χ0v) is 18.8. The highest BCUT2D eigenvalue weighted by molar-refractivity contribution is 6.33. The molecule has 2 aliphatic heterocycles. The van der Waals surface area contributed by atoms with Gasteiger partial charge in [-0.1, -0.05) is 32.4 Å². The van der Waals surface area contributed by atoms with E-state index in [0.717, 1.165) is 37.3 Å². The van der Waals surface area contributed by atoms with Crippen molar-refractivity contribution < 1.29 is 4.79 Å². The van der Waals surface area contributed by atoms with Gasteiger partial charge in [0, 0.05) is 31.2 Å². The van der Waals surface area contributed by atoms with Gasteiger partial charge in [-0.15, -0.1) is 0 Å². The van der Waals surface area contributed by atoms with Crippen LogP contribution in [0.5, 0.6) is 0 Å². The lowest BCUT2D eigenvalue weighted by Crippen LogP contribution is -2.39. The Morgan fingerprint density at radius 2 is 2.07 bits per heavy atom. The van der Waals surface area contributed by atoms with Crippen LogP contribution in [0.4, 0.5) is 23.5 Å². The van der Waals surface area contributed by atoms with Crippen LogP contribution in [-0.4, -0.2) is 53.6 Å². The van der Waals surface area contributed by atoms with Gasteiger partial charge in [0.05, 0.1) is 11.3 Å². The summed E-state index contributed by atoms with van der Waals surface area (Å²) in [5, 5.41) is 7.30. The van der Waals surface area contributed by atoms with Gasteiger partial charge < -0.3 is 15.5 Å². The summed E-state index contributed by atoms with van der Waals surface area (Å²) in [5.74, 6) is 1.19. The Morgan fingerprint density at radius 1 is 1.30 bits per heavy atom. The summed E-state index contributed by atoms with van der Waals surface area (Å²) in [7, 11) is 1.96. The number of aromatic nitrogens is 3. The molecule has 0 bridgehead atoms. The molecule has 1 aromatic carbocycles. The van der Waals surface area contributed by atoms with Crippen LogP contribution in [-0.2, 0) is 0 Å². The zero-order valence-electron chi connectivity index (χ0n) is 18.1. The number of nitrogens with zero attached hydrogens (tertiary/aromatic N) is 5. The molecule has 4 rings (SSSR count). The number of benzene rings is 1. The predicted octanol–water partition coefficient (Wildman–Crippen LogP) is 3.38. The van der Waals surface area contributed by atoms with E-state index in [4.69, 9.17) is 11.6 Å². The van der Waals surface area contributed by atoms with Gasteiger partial charge in [0.1, 0.15) is 0 Å². The van der Waals surface area contributed by atoms with Gasteiger partial charge in [-0.05, 0) is 43.0 Å². The highest BCUT2D eigenvalue weighted by atomic mass is 35.5.